The van der Waals surface area contributed by atoms with Crippen molar-refractivity contribution in [2.24, 2.45) is 0 Å². The summed E-state index contributed by atoms with van der Waals surface area (Å²) in [6.07, 6.45) is -3.36. The highest BCUT2D eigenvalue weighted by atomic mass is 32.2. The van der Waals surface area contributed by atoms with Gasteiger partial charge in [-0.05, 0) is 36.2 Å². The number of aliphatic hydroxyl groups is 2. The highest BCUT2D eigenvalue weighted by Crippen LogP contribution is 2.48. The van der Waals surface area contributed by atoms with E-state index in [1.165, 1.54) is 32.2 Å². The van der Waals surface area contributed by atoms with Gasteiger partial charge in [0.1, 0.15) is 11.9 Å². The number of ether oxygens (including phenoxy) is 2. The van der Waals surface area contributed by atoms with Crippen LogP contribution in [0.2, 0.25) is 0 Å². The number of methoxy groups -OCH3 is 1. The molecule has 1 aliphatic rings. The summed E-state index contributed by atoms with van der Waals surface area (Å²) in [5, 5.41) is 24.8. The number of nitrogens with one attached hydrogen (secondary N) is 1. The second-order valence-corrected chi connectivity index (χ2v) is 10.7. The maximum Gasteiger partial charge on any atom is 0.246 e. The lowest BCUT2D eigenvalue weighted by atomic mass is 9.90. The largest absolute Gasteiger partial charge is 0.494 e. The van der Waals surface area contributed by atoms with Gasteiger partial charge in [-0.1, -0.05) is 54.1 Å². The fourth-order valence-corrected chi connectivity index (χ4v) is 6.12. The van der Waals surface area contributed by atoms with E-state index in [4.69, 9.17) is 9.47 Å². The predicted octanol–water partition coefficient (Wildman–Crippen LogP) is 3.28. The minimum atomic E-state index is -4.31. The molecule has 3 aromatic carbocycles. The number of hydrogen-bond donors (Lipinski definition) is 3. The van der Waals surface area contributed by atoms with Crippen LogP contribution in [0.4, 0.5) is 5.69 Å². The van der Waals surface area contributed by atoms with E-state index in [0.29, 0.717) is 11.3 Å². The van der Waals surface area contributed by atoms with Crippen molar-refractivity contribution in [2.75, 3.05) is 19.0 Å². The molecule has 0 saturated carbocycles. The smallest absolute Gasteiger partial charge is 0.246 e. The third kappa shape index (κ3) is 5.39. The number of amides is 1. The molecule has 3 atom stereocenters. The molecule has 3 N–H and O–H groups in total. The topological polar surface area (TPSA) is 125 Å². The first kappa shape index (κ1) is 26.8. The number of fused-ring (bicyclic) bond motifs is 1. The SMILES string of the molecule is COc1c(NC(C)=O)ccc2c1[C@@H](COCc1ccccc1)N(S(=O)(=O)c1ccc(C)cc1)[C@@H](O)[C@@H]2O. The number of aliphatic hydroxyl groups excluding tert-OH is 2. The molecule has 1 heterocycles. The Morgan fingerprint density at radius 2 is 1.70 bits per heavy atom. The first-order valence-corrected chi connectivity index (χ1v) is 13.2. The van der Waals surface area contributed by atoms with Crippen molar-refractivity contribution in [2.45, 2.75) is 43.7 Å². The number of benzene rings is 3. The van der Waals surface area contributed by atoms with Gasteiger partial charge in [0.25, 0.3) is 0 Å². The molecule has 4 rings (SSSR count). The summed E-state index contributed by atoms with van der Waals surface area (Å²) >= 11 is 0. The van der Waals surface area contributed by atoms with E-state index >= 15 is 0 Å². The van der Waals surface area contributed by atoms with Crippen LogP contribution in [0.5, 0.6) is 5.75 Å². The van der Waals surface area contributed by atoms with Crippen LogP contribution >= 0.6 is 0 Å². The Morgan fingerprint density at radius 1 is 1.03 bits per heavy atom. The number of carbonyl (C=O) groups is 1. The van der Waals surface area contributed by atoms with Crippen LogP contribution in [0.15, 0.2) is 71.6 Å². The molecule has 10 heteroatoms. The quantitative estimate of drug-likeness (QED) is 0.411. The molecule has 9 nitrogen and oxygen atoms in total. The average Bonchev–Trinajstić information content (AvgIpc) is 2.87. The van der Waals surface area contributed by atoms with Crippen molar-refractivity contribution in [1.29, 1.82) is 0 Å². The third-order valence-electron chi connectivity index (χ3n) is 6.23. The van der Waals surface area contributed by atoms with Gasteiger partial charge in [0.05, 0.1) is 36.9 Å². The van der Waals surface area contributed by atoms with Crippen LogP contribution < -0.4 is 10.1 Å². The van der Waals surface area contributed by atoms with Crippen molar-refractivity contribution in [1.82, 2.24) is 4.31 Å². The average molecular weight is 527 g/mol. The van der Waals surface area contributed by atoms with Gasteiger partial charge in [-0.3, -0.25) is 4.79 Å². The molecule has 0 unspecified atom stereocenters. The molecule has 196 valence electrons. The summed E-state index contributed by atoms with van der Waals surface area (Å²) in [4.78, 5) is 11.8. The lowest BCUT2D eigenvalue weighted by Crippen LogP contribution is -2.50. The number of carbonyl (C=O) groups excluding carboxylic acids is 1. The van der Waals surface area contributed by atoms with E-state index in [0.717, 1.165) is 15.4 Å². The zero-order valence-corrected chi connectivity index (χ0v) is 21.6. The predicted molar refractivity (Wildman–Crippen MR) is 137 cm³/mol. The second-order valence-electron chi connectivity index (χ2n) is 8.85. The zero-order valence-electron chi connectivity index (χ0n) is 20.8. The van der Waals surface area contributed by atoms with Gasteiger partial charge >= 0.3 is 0 Å². The number of aryl methyl sites for hydroxylation is 1. The van der Waals surface area contributed by atoms with Crippen LogP contribution in [0.25, 0.3) is 0 Å². The molecular weight excluding hydrogens is 496 g/mol. The molecule has 0 saturated heterocycles. The Bertz CT molecular complexity index is 1360. The molecule has 0 fully saturated rings. The van der Waals surface area contributed by atoms with E-state index in [2.05, 4.69) is 5.32 Å². The molecular formula is C27H30N2O7S. The van der Waals surface area contributed by atoms with E-state index in [-0.39, 0.29) is 35.3 Å². The summed E-state index contributed by atoms with van der Waals surface area (Å²) in [5.74, 6) is -0.174. The van der Waals surface area contributed by atoms with Crippen LogP contribution in [0.1, 0.15) is 41.3 Å². The number of anilines is 1. The van der Waals surface area contributed by atoms with E-state index < -0.39 is 28.4 Å². The normalized spacial score (nSPS) is 19.8. The summed E-state index contributed by atoms with van der Waals surface area (Å²) in [7, 11) is -2.92. The van der Waals surface area contributed by atoms with Crippen LogP contribution in [0, 0.1) is 6.92 Å². The number of nitrogens with zero attached hydrogens (tertiary/aromatic N) is 1. The van der Waals surface area contributed by atoms with Gasteiger partial charge in [-0.15, -0.1) is 0 Å². The van der Waals surface area contributed by atoms with Crippen molar-refractivity contribution in [3.05, 3.63) is 89.0 Å². The first-order valence-electron chi connectivity index (χ1n) is 11.7. The molecule has 1 aliphatic heterocycles. The summed E-state index contributed by atoms with van der Waals surface area (Å²) in [6.45, 7) is 3.21. The fourth-order valence-electron chi connectivity index (χ4n) is 4.50. The number of rotatable bonds is 8. The van der Waals surface area contributed by atoms with Crippen molar-refractivity contribution in [3.8, 4) is 5.75 Å². The zero-order chi connectivity index (χ0) is 26.7. The molecule has 3 aromatic rings. The molecule has 37 heavy (non-hydrogen) atoms. The summed E-state index contributed by atoms with van der Waals surface area (Å²) in [6, 6.07) is 17.6. The van der Waals surface area contributed by atoms with Crippen LogP contribution in [0.3, 0.4) is 0 Å². The second kappa shape index (κ2) is 11.0. The van der Waals surface area contributed by atoms with Crippen molar-refractivity contribution in [3.63, 3.8) is 0 Å². The third-order valence-corrected chi connectivity index (χ3v) is 8.12. The molecule has 0 bridgehead atoms. The monoisotopic (exact) mass is 526 g/mol. The molecule has 0 spiro atoms. The minimum Gasteiger partial charge on any atom is -0.494 e. The van der Waals surface area contributed by atoms with Crippen LogP contribution in [-0.2, 0) is 26.2 Å². The van der Waals surface area contributed by atoms with E-state index in [1.54, 1.807) is 18.2 Å². The van der Waals surface area contributed by atoms with E-state index in [9.17, 15) is 23.4 Å². The fraction of sp³-hybridized carbons (Fsp3) is 0.296. The van der Waals surface area contributed by atoms with Gasteiger partial charge in [0.2, 0.25) is 15.9 Å². The van der Waals surface area contributed by atoms with Gasteiger partial charge in [0, 0.05) is 12.5 Å². The van der Waals surface area contributed by atoms with Gasteiger partial charge < -0.3 is 25.0 Å². The summed E-state index contributed by atoms with van der Waals surface area (Å²) < 4.78 is 40.2. The van der Waals surface area contributed by atoms with Gasteiger partial charge in [-0.2, -0.15) is 4.31 Å². The Kier molecular flexibility index (Phi) is 7.96. The highest BCUT2D eigenvalue weighted by molar-refractivity contribution is 7.89. The Hall–Kier alpha value is -3.28. The lowest BCUT2D eigenvalue weighted by Gasteiger charge is -2.42. The molecule has 1 amide bonds. The Morgan fingerprint density at radius 3 is 2.32 bits per heavy atom. The Balaban J connectivity index is 1.84. The van der Waals surface area contributed by atoms with Crippen LogP contribution in [-0.4, -0.2) is 48.8 Å². The minimum absolute atomic E-state index is 0.0437. The number of sulfonamides is 1. The Labute approximate surface area is 216 Å². The number of hydrogen-bond acceptors (Lipinski definition) is 7. The lowest BCUT2D eigenvalue weighted by molar-refractivity contribution is -0.114. The van der Waals surface area contributed by atoms with Crippen molar-refractivity contribution >= 4 is 21.6 Å². The summed E-state index contributed by atoms with van der Waals surface area (Å²) in [5.41, 5.74) is 2.63. The standard InChI is InChI=1S/C27H30N2O7S/c1-17-9-11-20(12-10-17)37(33,34)29-23(16-36-15-19-7-5-4-6-8-19)24-21(25(31)27(29)32)13-14-22(26(24)35-3)28-18(2)30/h4-14,23,25,27,31-32H,15-16H2,1-3H3,(H,28,30)/t23-,25-,27+/m1/s1. The maximum atomic E-state index is 13.9. The molecule has 0 aromatic heterocycles. The van der Waals surface area contributed by atoms with E-state index in [1.807, 2.05) is 37.3 Å². The first-order chi connectivity index (χ1) is 17.6. The maximum absolute atomic E-state index is 13.9. The van der Waals surface area contributed by atoms with Gasteiger partial charge in [0.15, 0.2) is 6.23 Å². The molecule has 0 aliphatic carbocycles. The highest BCUT2D eigenvalue weighted by Gasteiger charge is 2.48. The molecule has 0 radical (unpaired) electrons. The van der Waals surface area contributed by atoms with Crippen molar-refractivity contribution < 1.29 is 32.9 Å². The van der Waals surface area contributed by atoms with Gasteiger partial charge in [-0.25, -0.2) is 8.42 Å².